The van der Waals surface area contributed by atoms with Crippen LogP contribution >= 0.6 is 0 Å². The minimum absolute atomic E-state index is 0.0914. The topological polar surface area (TPSA) is 29.3 Å². The molecule has 2 aliphatic rings. The first-order chi connectivity index (χ1) is 8.54. The molecule has 2 nitrogen and oxygen atoms in total. The van der Waals surface area contributed by atoms with Crippen molar-refractivity contribution >= 4 is 0 Å². The Kier molecular flexibility index (Phi) is 4.59. The third-order valence-corrected chi connectivity index (χ3v) is 4.82. The summed E-state index contributed by atoms with van der Waals surface area (Å²) in [6.45, 7) is 5.94. The lowest BCUT2D eigenvalue weighted by Gasteiger charge is -2.39. The van der Waals surface area contributed by atoms with Crippen molar-refractivity contribution < 1.29 is 8.78 Å². The molecule has 2 N–H and O–H groups in total. The highest BCUT2D eigenvalue weighted by molar-refractivity contribution is 4.86. The molecule has 1 aliphatic heterocycles. The summed E-state index contributed by atoms with van der Waals surface area (Å²) >= 11 is 0. The average molecular weight is 260 g/mol. The Balaban J connectivity index is 1.81. The number of nitrogens with two attached hydrogens (primary N) is 1. The van der Waals surface area contributed by atoms with Crippen LogP contribution in [0.2, 0.25) is 0 Å². The lowest BCUT2D eigenvalue weighted by molar-refractivity contribution is 0.00204. The normalized spacial score (nSPS) is 37.0. The second-order valence-corrected chi connectivity index (χ2v) is 6.18. The molecule has 18 heavy (non-hydrogen) atoms. The number of piperidine rings is 1. The van der Waals surface area contributed by atoms with Gasteiger partial charge < -0.3 is 10.6 Å². The zero-order chi connectivity index (χ0) is 13.2. The summed E-state index contributed by atoms with van der Waals surface area (Å²) < 4.78 is 26.3. The molecule has 0 amide bonds. The number of hydrogen-bond donors (Lipinski definition) is 1. The molecule has 0 spiro atoms. The molecule has 0 bridgehead atoms. The largest absolute Gasteiger partial charge is 0.330 e. The molecule has 2 fully saturated rings. The van der Waals surface area contributed by atoms with Gasteiger partial charge in [0.1, 0.15) is 0 Å². The maximum Gasteiger partial charge on any atom is 0.248 e. The van der Waals surface area contributed by atoms with Gasteiger partial charge in [-0.2, -0.15) is 0 Å². The van der Waals surface area contributed by atoms with Crippen molar-refractivity contribution in [3.8, 4) is 0 Å². The van der Waals surface area contributed by atoms with Crippen molar-refractivity contribution in [2.45, 2.75) is 45.0 Å². The Morgan fingerprint density at radius 2 is 2.06 bits per heavy atom. The van der Waals surface area contributed by atoms with Gasteiger partial charge in [0, 0.05) is 25.9 Å². The Morgan fingerprint density at radius 1 is 1.28 bits per heavy atom. The van der Waals surface area contributed by atoms with Crippen LogP contribution in [0.1, 0.15) is 39.0 Å². The molecule has 1 heterocycles. The van der Waals surface area contributed by atoms with Gasteiger partial charge in [0.05, 0.1) is 0 Å². The molecule has 3 atom stereocenters. The summed E-state index contributed by atoms with van der Waals surface area (Å²) in [5, 5.41) is 0. The van der Waals surface area contributed by atoms with Crippen LogP contribution in [0, 0.1) is 17.8 Å². The molecule has 1 saturated heterocycles. The van der Waals surface area contributed by atoms with Crippen LogP contribution in [0.4, 0.5) is 8.78 Å². The van der Waals surface area contributed by atoms with Crippen LogP contribution in [0.15, 0.2) is 0 Å². The molecular formula is C14H26F2N2. The van der Waals surface area contributed by atoms with Crippen molar-refractivity contribution in [2.24, 2.45) is 23.5 Å². The van der Waals surface area contributed by atoms with E-state index in [0.29, 0.717) is 18.3 Å². The first kappa shape index (κ1) is 14.2. The average Bonchev–Trinajstić information content (AvgIpc) is 2.68. The van der Waals surface area contributed by atoms with Crippen LogP contribution in [-0.2, 0) is 0 Å². The molecule has 4 heteroatoms. The number of rotatable bonds is 4. The highest BCUT2D eigenvalue weighted by atomic mass is 19.3. The summed E-state index contributed by atoms with van der Waals surface area (Å²) in [6.07, 6.45) is 3.17. The van der Waals surface area contributed by atoms with Gasteiger partial charge in [0.2, 0.25) is 5.92 Å². The van der Waals surface area contributed by atoms with E-state index in [9.17, 15) is 8.78 Å². The van der Waals surface area contributed by atoms with Crippen molar-refractivity contribution in [2.75, 3.05) is 26.2 Å². The smallest absolute Gasteiger partial charge is 0.248 e. The van der Waals surface area contributed by atoms with Crippen LogP contribution in [0.3, 0.4) is 0 Å². The Morgan fingerprint density at radius 3 is 2.61 bits per heavy atom. The number of likely N-dealkylation sites (tertiary alicyclic amines) is 1. The summed E-state index contributed by atoms with van der Waals surface area (Å²) in [4.78, 5) is 2.40. The molecule has 3 unspecified atom stereocenters. The maximum atomic E-state index is 13.2. The van der Waals surface area contributed by atoms with E-state index in [0.717, 1.165) is 39.0 Å². The van der Waals surface area contributed by atoms with E-state index in [1.807, 2.05) is 0 Å². The van der Waals surface area contributed by atoms with Gasteiger partial charge in [-0.3, -0.25) is 0 Å². The molecule has 0 aromatic rings. The summed E-state index contributed by atoms with van der Waals surface area (Å²) in [5.41, 5.74) is 5.80. The van der Waals surface area contributed by atoms with Crippen molar-refractivity contribution in [1.82, 2.24) is 4.90 Å². The van der Waals surface area contributed by atoms with Crippen LogP contribution in [0.25, 0.3) is 0 Å². The van der Waals surface area contributed by atoms with Gasteiger partial charge in [-0.1, -0.05) is 13.3 Å². The van der Waals surface area contributed by atoms with Gasteiger partial charge in [-0.05, 0) is 43.7 Å². The minimum Gasteiger partial charge on any atom is -0.330 e. The van der Waals surface area contributed by atoms with E-state index in [2.05, 4.69) is 11.8 Å². The zero-order valence-electron chi connectivity index (χ0n) is 11.4. The number of halogens is 2. The maximum absolute atomic E-state index is 13.2. The first-order valence-corrected chi connectivity index (χ1v) is 7.34. The van der Waals surface area contributed by atoms with Gasteiger partial charge in [0.25, 0.3) is 0 Å². The standard InChI is InChI=1S/C14H26F2N2/c1-2-12-10-18(6-4-13(12)8-17)9-11-3-5-14(15,16)7-11/h11-13H,2-10,17H2,1H3. The van der Waals surface area contributed by atoms with Crippen LogP contribution < -0.4 is 5.73 Å². The summed E-state index contributed by atoms with van der Waals surface area (Å²) in [6, 6.07) is 0. The molecule has 1 saturated carbocycles. The van der Waals surface area contributed by atoms with Gasteiger partial charge >= 0.3 is 0 Å². The second-order valence-electron chi connectivity index (χ2n) is 6.18. The van der Waals surface area contributed by atoms with E-state index in [1.165, 1.54) is 0 Å². The van der Waals surface area contributed by atoms with E-state index in [1.54, 1.807) is 0 Å². The lowest BCUT2D eigenvalue weighted by atomic mass is 9.83. The van der Waals surface area contributed by atoms with E-state index in [-0.39, 0.29) is 18.8 Å². The molecule has 106 valence electrons. The molecule has 0 radical (unpaired) electrons. The zero-order valence-corrected chi connectivity index (χ0v) is 11.4. The van der Waals surface area contributed by atoms with Gasteiger partial charge in [-0.25, -0.2) is 8.78 Å². The van der Waals surface area contributed by atoms with Crippen molar-refractivity contribution in [1.29, 1.82) is 0 Å². The molecule has 2 rings (SSSR count). The van der Waals surface area contributed by atoms with Crippen molar-refractivity contribution in [3.63, 3.8) is 0 Å². The predicted octanol–water partition coefficient (Wildman–Crippen LogP) is 2.73. The van der Waals surface area contributed by atoms with Crippen LogP contribution in [0.5, 0.6) is 0 Å². The molecule has 0 aromatic heterocycles. The Labute approximate surface area is 109 Å². The molecule has 1 aliphatic carbocycles. The molecule has 0 aromatic carbocycles. The van der Waals surface area contributed by atoms with Crippen LogP contribution in [-0.4, -0.2) is 37.0 Å². The highest BCUT2D eigenvalue weighted by Crippen LogP contribution is 2.39. The summed E-state index contributed by atoms with van der Waals surface area (Å²) in [5.74, 6) is -0.904. The predicted molar refractivity (Wildman–Crippen MR) is 69.7 cm³/mol. The van der Waals surface area contributed by atoms with Gasteiger partial charge in [0.15, 0.2) is 0 Å². The van der Waals surface area contributed by atoms with E-state index in [4.69, 9.17) is 5.73 Å². The SMILES string of the molecule is CCC1CN(CC2CCC(F)(F)C2)CCC1CN. The fourth-order valence-corrected chi connectivity index (χ4v) is 3.66. The van der Waals surface area contributed by atoms with Gasteiger partial charge in [-0.15, -0.1) is 0 Å². The Hall–Kier alpha value is -0.220. The monoisotopic (exact) mass is 260 g/mol. The number of alkyl halides is 2. The second kappa shape index (κ2) is 5.83. The fourth-order valence-electron chi connectivity index (χ4n) is 3.66. The molecular weight excluding hydrogens is 234 g/mol. The van der Waals surface area contributed by atoms with Crippen molar-refractivity contribution in [3.05, 3.63) is 0 Å². The quantitative estimate of drug-likeness (QED) is 0.842. The number of hydrogen-bond acceptors (Lipinski definition) is 2. The fraction of sp³-hybridized carbons (Fsp3) is 1.00. The summed E-state index contributed by atoms with van der Waals surface area (Å²) in [7, 11) is 0. The first-order valence-electron chi connectivity index (χ1n) is 7.34. The van der Waals surface area contributed by atoms with E-state index >= 15 is 0 Å². The Bertz CT molecular complexity index is 271. The third kappa shape index (κ3) is 3.41. The lowest BCUT2D eigenvalue weighted by Crippen LogP contribution is -2.44. The minimum atomic E-state index is -2.40. The highest BCUT2D eigenvalue weighted by Gasteiger charge is 2.40. The number of nitrogens with zero attached hydrogens (tertiary/aromatic N) is 1. The third-order valence-electron chi connectivity index (χ3n) is 4.82. The van der Waals surface area contributed by atoms with E-state index < -0.39 is 5.92 Å².